The van der Waals surface area contributed by atoms with Crippen LogP contribution in [-0.4, -0.2) is 44.2 Å². The normalized spacial score (nSPS) is 25.0. The van der Waals surface area contributed by atoms with E-state index in [0.717, 1.165) is 51.9 Å². The van der Waals surface area contributed by atoms with Gasteiger partial charge in [-0.25, -0.2) is 12.7 Å². The summed E-state index contributed by atoms with van der Waals surface area (Å²) in [5.41, 5.74) is 0. The molecular formula is C10H21ClN2O2S. The molecule has 2 aliphatic heterocycles. The molecule has 0 radical (unpaired) electrons. The van der Waals surface area contributed by atoms with E-state index in [-0.39, 0.29) is 17.7 Å². The third-order valence-electron chi connectivity index (χ3n) is 3.38. The number of halogens is 1. The SMILES string of the molecule is Cl.O=S(=O)(C1CCNCC1)N1CCCCC1. The molecule has 0 spiro atoms. The van der Waals surface area contributed by atoms with Crippen LogP contribution in [0.1, 0.15) is 32.1 Å². The fourth-order valence-electron chi connectivity index (χ4n) is 2.42. The highest BCUT2D eigenvalue weighted by Gasteiger charge is 2.33. The number of sulfonamides is 1. The van der Waals surface area contributed by atoms with Crippen molar-refractivity contribution >= 4 is 22.4 Å². The molecule has 0 aromatic rings. The maximum Gasteiger partial charge on any atom is 0.217 e. The molecule has 2 rings (SSSR count). The molecule has 0 saturated carbocycles. The zero-order chi connectivity index (χ0) is 10.7. The molecule has 2 saturated heterocycles. The molecule has 0 aromatic heterocycles. The van der Waals surface area contributed by atoms with Crippen LogP contribution in [0, 0.1) is 0 Å². The lowest BCUT2D eigenvalue weighted by atomic mass is 10.2. The van der Waals surface area contributed by atoms with Gasteiger partial charge >= 0.3 is 0 Å². The quantitative estimate of drug-likeness (QED) is 0.812. The molecule has 2 aliphatic rings. The second-order valence-corrected chi connectivity index (χ2v) is 6.67. The minimum absolute atomic E-state index is 0. The number of hydrogen-bond acceptors (Lipinski definition) is 3. The van der Waals surface area contributed by atoms with Crippen LogP contribution in [0.15, 0.2) is 0 Å². The second-order valence-electron chi connectivity index (χ2n) is 4.45. The highest BCUT2D eigenvalue weighted by Crippen LogP contribution is 2.21. The molecule has 0 atom stereocenters. The van der Waals surface area contributed by atoms with Crippen molar-refractivity contribution in [2.24, 2.45) is 0 Å². The smallest absolute Gasteiger partial charge is 0.217 e. The van der Waals surface area contributed by atoms with Gasteiger partial charge in [0.15, 0.2) is 0 Å². The Morgan fingerprint density at radius 1 is 1.00 bits per heavy atom. The van der Waals surface area contributed by atoms with Crippen LogP contribution in [-0.2, 0) is 10.0 Å². The van der Waals surface area contributed by atoms with E-state index in [9.17, 15) is 8.42 Å². The molecule has 16 heavy (non-hydrogen) atoms. The Morgan fingerprint density at radius 3 is 2.12 bits per heavy atom. The number of piperidine rings is 2. The van der Waals surface area contributed by atoms with Crippen molar-refractivity contribution in [1.82, 2.24) is 9.62 Å². The third kappa shape index (κ3) is 3.09. The average Bonchev–Trinajstić information content (AvgIpc) is 2.31. The molecular weight excluding hydrogens is 248 g/mol. The topological polar surface area (TPSA) is 49.4 Å². The fraction of sp³-hybridized carbons (Fsp3) is 1.00. The Hall–Kier alpha value is 0.160. The van der Waals surface area contributed by atoms with Crippen molar-refractivity contribution in [3.8, 4) is 0 Å². The zero-order valence-electron chi connectivity index (χ0n) is 9.52. The maximum atomic E-state index is 12.2. The molecule has 0 unspecified atom stereocenters. The van der Waals surface area contributed by atoms with E-state index in [1.807, 2.05) is 0 Å². The van der Waals surface area contributed by atoms with Crippen LogP contribution in [0.25, 0.3) is 0 Å². The van der Waals surface area contributed by atoms with Crippen molar-refractivity contribution in [3.05, 3.63) is 0 Å². The van der Waals surface area contributed by atoms with Gasteiger partial charge in [-0.05, 0) is 38.8 Å². The molecule has 0 bridgehead atoms. The second kappa shape index (κ2) is 6.19. The summed E-state index contributed by atoms with van der Waals surface area (Å²) in [4.78, 5) is 0. The Bertz CT molecular complexity index is 272. The Labute approximate surface area is 104 Å². The maximum absolute atomic E-state index is 12.2. The van der Waals surface area contributed by atoms with Crippen molar-refractivity contribution in [1.29, 1.82) is 0 Å². The molecule has 2 fully saturated rings. The first-order valence-electron chi connectivity index (χ1n) is 5.91. The Kier molecular flexibility index (Phi) is 5.50. The van der Waals surface area contributed by atoms with E-state index in [1.165, 1.54) is 6.42 Å². The summed E-state index contributed by atoms with van der Waals surface area (Å²) in [6.45, 7) is 3.17. The van der Waals surface area contributed by atoms with Crippen LogP contribution in [0.4, 0.5) is 0 Å². The predicted octanol–water partition coefficient (Wildman–Crippen LogP) is 0.976. The molecule has 2 heterocycles. The van der Waals surface area contributed by atoms with E-state index in [0.29, 0.717) is 0 Å². The van der Waals surface area contributed by atoms with Gasteiger partial charge in [0, 0.05) is 13.1 Å². The lowest BCUT2D eigenvalue weighted by molar-refractivity contribution is 0.336. The minimum atomic E-state index is -2.99. The van der Waals surface area contributed by atoms with Gasteiger partial charge in [0.2, 0.25) is 10.0 Å². The lowest BCUT2D eigenvalue weighted by Gasteiger charge is -2.32. The first kappa shape index (κ1) is 14.2. The monoisotopic (exact) mass is 268 g/mol. The van der Waals surface area contributed by atoms with Crippen LogP contribution in [0.2, 0.25) is 0 Å². The summed E-state index contributed by atoms with van der Waals surface area (Å²) in [5, 5.41) is 3.08. The van der Waals surface area contributed by atoms with Crippen LogP contribution in [0.5, 0.6) is 0 Å². The molecule has 1 N–H and O–H groups in total. The number of nitrogens with zero attached hydrogens (tertiary/aromatic N) is 1. The summed E-state index contributed by atoms with van der Waals surface area (Å²) in [5.74, 6) is 0. The van der Waals surface area contributed by atoms with E-state index >= 15 is 0 Å². The van der Waals surface area contributed by atoms with Crippen LogP contribution in [0.3, 0.4) is 0 Å². The molecule has 6 heteroatoms. The van der Waals surface area contributed by atoms with Gasteiger partial charge in [0.05, 0.1) is 5.25 Å². The fourth-order valence-corrected chi connectivity index (χ4v) is 4.44. The van der Waals surface area contributed by atoms with E-state index in [4.69, 9.17) is 0 Å². The Morgan fingerprint density at radius 2 is 1.56 bits per heavy atom. The Balaban J connectivity index is 0.00000128. The number of hydrogen-bond donors (Lipinski definition) is 1. The van der Waals surface area contributed by atoms with Gasteiger partial charge in [0.25, 0.3) is 0 Å². The number of nitrogens with one attached hydrogen (secondary N) is 1. The number of rotatable bonds is 2. The molecule has 4 nitrogen and oxygen atoms in total. The van der Waals surface area contributed by atoms with Gasteiger partial charge in [0.1, 0.15) is 0 Å². The van der Waals surface area contributed by atoms with Crippen molar-refractivity contribution < 1.29 is 8.42 Å². The predicted molar refractivity (Wildman–Crippen MR) is 67.5 cm³/mol. The van der Waals surface area contributed by atoms with Gasteiger partial charge in [-0.2, -0.15) is 0 Å². The van der Waals surface area contributed by atoms with Gasteiger partial charge in [-0.1, -0.05) is 6.42 Å². The van der Waals surface area contributed by atoms with Crippen molar-refractivity contribution in [2.75, 3.05) is 26.2 Å². The zero-order valence-corrected chi connectivity index (χ0v) is 11.2. The summed E-state index contributed by atoms with van der Waals surface area (Å²) in [6.07, 6.45) is 4.80. The van der Waals surface area contributed by atoms with Crippen LogP contribution < -0.4 is 5.32 Å². The molecule has 0 aromatic carbocycles. The van der Waals surface area contributed by atoms with Crippen molar-refractivity contribution in [3.63, 3.8) is 0 Å². The first-order valence-corrected chi connectivity index (χ1v) is 7.41. The van der Waals surface area contributed by atoms with Gasteiger partial charge in [-0.15, -0.1) is 12.4 Å². The molecule has 96 valence electrons. The van der Waals surface area contributed by atoms with E-state index in [2.05, 4.69) is 5.32 Å². The molecule has 0 aliphatic carbocycles. The van der Waals surface area contributed by atoms with E-state index in [1.54, 1.807) is 4.31 Å². The highest BCUT2D eigenvalue weighted by molar-refractivity contribution is 7.89. The average molecular weight is 269 g/mol. The van der Waals surface area contributed by atoms with E-state index < -0.39 is 10.0 Å². The third-order valence-corrected chi connectivity index (χ3v) is 5.78. The first-order chi connectivity index (χ1) is 7.21. The largest absolute Gasteiger partial charge is 0.317 e. The minimum Gasteiger partial charge on any atom is -0.317 e. The standard InChI is InChI=1S/C10H20N2O2S.ClH/c13-15(14,10-4-6-11-7-5-10)12-8-2-1-3-9-12;/h10-11H,1-9H2;1H. The van der Waals surface area contributed by atoms with Crippen molar-refractivity contribution in [2.45, 2.75) is 37.4 Å². The summed E-state index contributed by atoms with van der Waals surface area (Å²) in [7, 11) is -2.99. The summed E-state index contributed by atoms with van der Waals surface area (Å²) < 4.78 is 26.2. The van der Waals surface area contributed by atoms with Crippen LogP contribution >= 0.6 is 12.4 Å². The summed E-state index contributed by atoms with van der Waals surface area (Å²) >= 11 is 0. The molecule has 0 amide bonds. The van der Waals surface area contributed by atoms with Gasteiger partial charge in [-0.3, -0.25) is 0 Å². The summed E-state index contributed by atoms with van der Waals surface area (Å²) in [6, 6.07) is 0. The highest BCUT2D eigenvalue weighted by atomic mass is 35.5. The lowest BCUT2D eigenvalue weighted by Crippen LogP contribution is -2.45. The van der Waals surface area contributed by atoms with Gasteiger partial charge < -0.3 is 5.32 Å².